The number of nitrogens with zero attached hydrogens (tertiary/aromatic N) is 3. The van der Waals surface area contributed by atoms with Crippen molar-refractivity contribution < 1.29 is 4.74 Å². The average molecular weight is 346 g/mol. The number of hydrogen-bond donors (Lipinski definition) is 1. The molecule has 0 spiro atoms. The molecular weight excluding hydrogens is 324 g/mol. The molecule has 0 saturated carbocycles. The van der Waals surface area contributed by atoms with Crippen LogP contribution in [-0.4, -0.2) is 36.3 Å². The van der Waals surface area contributed by atoms with Crippen LogP contribution in [0, 0.1) is 6.92 Å². The standard InChI is InChI=1S/C21H22N4O/c1-16-2-4-17(5-3-16)20-10-11-22-21(24-20)23-18-6-8-19(9-7-18)25-12-14-26-15-13-25/h2-11H,12-15H2,1H3,(H,22,23,24). The summed E-state index contributed by atoms with van der Waals surface area (Å²) in [5.41, 5.74) is 5.42. The first kappa shape index (κ1) is 16.5. The van der Waals surface area contributed by atoms with Gasteiger partial charge in [-0.3, -0.25) is 0 Å². The highest BCUT2D eigenvalue weighted by Crippen LogP contribution is 2.22. The molecule has 1 aliphatic rings. The quantitative estimate of drug-likeness (QED) is 0.773. The molecule has 0 atom stereocenters. The van der Waals surface area contributed by atoms with Gasteiger partial charge in [-0.05, 0) is 37.3 Å². The van der Waals surface area contributed by atoms with E-state index in [-0.39, 0.29) is 0 Å². The molecule has 132 valence electrons. The van der Waals surface area contributed by atoms with Gasteiger partial charge in [-0.1, -0.05) is 29.8 Å². The van der Waals surface area contributed by atoms with Crippen LogP contribution in [-0.2, 0) is 4.74 Å². The smallest absolute Gasteiger partial charge is 0.227 e. The lowest BCUT2D eigenvalue weighted by Crippen LogP contribution is -2.36. The Morgan fingerprint density at radius 1 is 0.923 bits per heavy atom. The van der Waals surface area contributed by atoms with Crippen LogP contribution in [0.25, 0.3) is 11.3 Å². The topological polar surface area (TPSA) is 50.3 Å². The van der Waals surface area contributed by atoms with Crippen molar-refractivity contribution in [2.24, 2.45) is 0 Å². The van der Waals surface area contributed by atoms with Crippen molar-refractivity contribution in [3.8, 4) is 11.3 Å². The number of rotatable bonds is 4. The monoisotopic (exact) mass is 346 g/mol. The van der Waals surface area contributed by atoms with Gasteiger partial charge in [-0.25, -0.2) is 9.97 Å². The molecule has 0 aliphatic carbocycles. The molecule has 2 heterocycles. The maximum Gasteiger partial charge on any atom is 0.227 e. The van der Waals surface area contributed by atoms with E-state index in [1.54, 1.807) is 6.20 Å². The molecular formula is C21H22N4O. The van der Waals surface area contributed by atoms with Crippen molar-refractivity contribution in [1.82, 2.24) is 9.97 Å². The van der Waals surface area contributed by atoms with Gasteiger partial charge >= 0.3 is 0 Å². The van der Waals surface area contributed by atoms with E-state index in [1.807, 2.05) is 6.07 Å². The fourth-order valence-electron chi connectivity index (χ4n) is 3.01. The van der Waals surface area contributed by atoms with Gasteiger partial charge in [0.25, 0.3) is 0 Å². The third kappa shape index (κ3) is 3.83. The van der Waals surface area contributed by atoms with Gasteiger partial charge in [0.05, 0.1) is 18.9 Å². The molecule has 1 aliphatic heterocycles. The third-order valence-corrected chi connectivity index (χ3v) is 4.50. The highest BCUT2D eigenvalue weighted by molar-refractivity contribution is 5.63. The Morgan fingerprint density at radius 3 is 2.38 bits per heavy atom. The largest absolute Gasteiger partial charge is 0.378 e. The van der Waals surface area contributed by atoms with Crippen molar-refractivity contribution in [3.63, 3.8) is 0 Å². The highest BCUT2D eigenvalue weighted by atomic mass is 16.5. The molecule has 1 saturated heterocycles. The normalized spacial score (nSPS) is 14.3. The summed E-state index contributed by atoms with van der Waals surface area (Å²) < 4.78 is 5.41. The molecule has 2 aromatic carbocycles. The van der Waals surface area contributed by atoms with Gasteiger partial charge in [-0.2, -0.15) is 0 Å². The second kappa shape index (κ2) is 7.54. The summed E-state index contributed by atoms with van der Waals surface area (Å²) >= 11 is 0. The number of aromatic nitrogens is 2. The molecule has 1 aromatic heterocycles. The fourth-order valence-corrected chi connectivity index (χ4v) is 3.01. The molecule has 0 unspecified atom stereocenters. The number of ether oxygens (including phenoxy) is 1. The number of benzene rings is 2. The van der Waals surface area contributed by atoms with E-state index in [4.69, 9.17) is 4.74 Å². The van der Waals surface area contributed by atoms with Crippen molar-refractivity contribution in [2.75, 3.05) is 36.5 Å². The maximum atomic E-state index is 5.41. The molecule has 0 amide bonds. The second-order valence-electron chi connectivity index (χ2n) is 6.40. The zero-order chi connectivity index (χ0) is 17.8. The van der Waals surface area contributed by atoms with Crippen molar-refractivity contribution in [2.45, 2.75) is 6.92 Å². The first-order chi connectivity index (χ1) is 12.8. The van der Waals surface area contributed by atoms with Crippen molar-refractivity contribution >= 4 is 17.3 Å². The van der Waals surface area contributed by atoms with Crippen molar-refractivity contribution in [3.05, 3.63) is 66.4 Å². The fraction of sp³-hybridized carbons (Fsp3) is 0.238. The molecule has 5 heteroatoms. The molecule has 3 aromatic rings. The summed E-state index contributed by atoms with van der Waals surface area (Å²) in [5, 5.41) is 3.29. The van der Waals surface area contributed by atoms with Crippen LogP contribution >= 0.6 is 0 Å². The van der Waals surface area contributed by atoms with Crippen LogP contribution in [0.2, 0.25) is 0 Å². The van der Waals surface area contributed by atoms with Crippen molar-refractivity contribution in [1.29, 1.82) is 0 Å². The minimum Gasteiger partial charge on any atom is -0.378 e. The van der Waals surface area contributed by atoms with Gasteiger partial charge in [0.2, 0.25) is 5.95 Å². The maximum absolute atomic E-state index is 5.41. The van der Waals surface area contributed by atoms with E-state index in [1.165, 1.54) is 11.3 Å². The molecule has 1 N–H and O–H groups in total. The zero-order valence-electron chi connectivity index (χ0n) is 14.9. The number of anilines is 3. The lowest BCUT2D eigenvalue weighted by Gasteiger charge is -2.28. The van der Waals surface area contributed by atoms with Gasteiger partial charge in [-0.15, -0.1) is 0 Å². The van der Waals surface area contributed by atoms with E-state index >= 15 is 0 Å². The number of morpholine rings is 1. The van der Waals surface area contributed by atoms with E-state index in [0.717, 1.165) is 43.2 Å². The minimum absolute atomic E-state index is 0.599. The van der Waals surface area contributed by atoms with Gasteiger partial charge in [0.15, 0.2) is 0 Å². The van der Waals surface area contributed by atoms with Crippen LogP contribution in [0.5, 0.6) is 0 Å². The van der Waals surface area contributed by atoms with Crippen LogP contribution in [0.1, 0.15) is 5.56 Å². The molecule has 5 nitrogen and oxygen atoms in total. The minimum atomic E-state index is 0.599. The Balaban J connectivity index is 1.48. The lowest BCUT2D eigenvalue weighted by molar-refractivity contribution is 0.122. The van der Waals surface area contributed by atoms with Crippen LogP contribution in [0.3, 0.4) is 0 Å². The highest BCUT2D eigenvalue weighted by Gasteiger charge is 2.11. The van der Waals surface area contributed by atoms with Crippen LogP contribution < -0.4 is 10.2 Å². The van der Waals surface area contributed by atoms with E-state index in [0.29, 0.717) is 5.95 Å². The number of nitrogens with one attached hydrogen (secondary N) is 1. The van der Waals surface area contributed by atoms with Gasteiger partial charge in [0, 0.05) is 36.2 Å². The molecule has 26 heavy (non-hydrogen) atoms. The summed E-state index contributed by atoms with van der Waals surface area (Å²) in [6.07, 6.45) is 1.78. The summed E-state index contributed by atoms with van der Waals surface area (Å²) in [7, 11) is 0. The predicted molar refractivity (Wildman–Crippen MR) is 105 cm³/mol. The zero-order valence-corrected chi connectivity index (χ0v) is 14.9. The summed E-state index contributed by atoms with van der Waals surface area (Å²) in [6.45, 7) is 5.54. The van der Waals surface area contributed by atoms with Crippen LogP contribution in [0.4, 0.5) is 17.3 Å². The Kier molecular flexibility index (Phi) is 4.80. The summed E-state index contributed by atoms with van der Waals surface area (Å²) in [6, 6.07) is 18.6. The van der Waals surface area contributed by atoms with E-state index in [2.05, 4.69) is 75.6 Å². The van der Waals surface area contributed by atoms with Crippen LogP contribution in [0.15, 0.2) is 60.8 Å². The Bertz CT molecular complexity index is 856. The first-order valence-electron chi connectivity index (χ1n) is 8.88. The predicted octanol–water partition coefficient (Wildman–Crippen LogP) is 4.03. The first-order valence-corrected chi connectivity index (χ1v) is 8.88. The lowest BCUT2D eigenvalue weighted by atomic mass is 10.1. The second-order valence-corrected chi connectivity index (χ2v) is 6.40. The van der Waals surface area contributed by atoms with E-state index in [9.17, 15) is 0 Å². The molecule has 0 bridgehead atoms. The Labute approximate surface area is 153 Å². The summed E-state index contributed by atoms with van der Waals surface area (Å²) in [4.78, 5) is 11.3. The summed E-state index contributed by atoms with van der Waals surface area (Å²) in [5.74, 6) is 0.599. The number of hydrogen-bond acceptors (Lipinski definition) is 5. The SMILES string of the molecule is Cc1ccc(-c2ccnc(Nc3ccc(N4CCOCC4)cc3)n2)cc1. The molecule has 1 fully saturated rings. The average Bonchev–Trinajstić information content (AvgIpc) is 2.70. The third-order valence-electron chi connectivity index (χ3n) is 4.50. The molecule has 0 radical (unpaired) electrons. The van der Waals surface area contributed by atoms with E-state index < -0.39 is 0 Å². The van der Waals surface area contributed by atoms with Gasteiger partial charge in [0.1, 0.15) is 0 Å². The Hall–Kier alpha value is -2.92. The number of aryl methyl sites for hydroxylation is 1. The van der Waals surface area contributed by atoms with Gasteiger partial charge < -0.3 is 15.0 Å². The molecule has 4 rings (SSSR count). The Morgan fingerprint density at radius 2 is 1.65 bits per heavy atom.